The highest BCUT2D eigenvalue weighted by Gasteiger charge is 2.57. The number of benzene rings is 2. The Hall–Kier alpha value is -2.76. The zero-order chi connectivity index (χ0) is 19.9. The van der Waals surface area contributed by atoms with Crippen molar-refractivity contribution in [2.75, 3.05) is 26.7 Å². The summed E-state index contributed by atoms with van der Waals surface area (Å²) >= 11 is 0. The van der Waals surface area contributed by atoms with Crippen LogP contribution in [0.4, 0.5) is 8.78 Å². The number of rotatable bonds is 3. The van der Waals surface area contributed by atoms with Crippen LogP contribution in [0.1, 0.15) is 23.5 Å². The number of hydrogen-bond donors (Lipinski definition) is 0. The van der Waals surface area contributed by atoms with Crippen LogP contribution in [0.25, 0.3) is 0 Å². The van der Waals surface area contributed by atoms with Crippen molar-refractivity contribution >= 4 is 11.8 Å². The minimum absolute atomic E-state index is 0.00917. The number of halogens is 2. The van der Waals surface area contributed by atoms with Gasteiger partial charge in [-0.25, -0.2) is 8.78 Å². The molecule has 2 atom stereocenters. The predicted octanol–water partition coefficient (Wildman–Crippen LogP) is 2.98. The van der Waals surface area contributed by atoms with Crippen LogP contribution >= 0.6 is 0 Å². The molecule has 28 heavy (non-hydrogen) atoms. The van der Waals surface area contributed by atoms with E-state index in [4.69, 9.17) is 0 Å². The molecule has 2 aliphatic rings. The number of carbonyl (C=O) groups is 2. The quantitative estimate of drug-likeness (QED) is 0.816. The zero-order valence-electron chi connectivity index (χ0n) is 15.7. The van der Waals surface area contributed by atoms with Gasteiger partial charge in [0.25, 0.3) is 0 Å². The number of likely N-dealkylation sites (tertiary alicyclic amines) is 2. The zero-order valence-corrected chi connectivity index (χ0v) is 15.7. The molecule has 0 bridgehead atoms. The lowest BCUT2D eigenvalue weighted by molar-refractivity contribution is -0.135. The Labute approximate surface area is 162 Å². The second-order valence-electron chi connectivity index (χ2n) is 7.76. The maximum absolute atomic E-state index is 13.9. The smallest absolute Gasteiger partial charge is 0.231 e. The molecule has 0 N–H and O–H groups in total. The summed E-state index contributed by atoms with van der Waals surface area (Å²) in [6.07, 6.45) is 0.368. The second-order valence-corrected chi connectivity index (χ2v) is 7.76. The van der Waals surface area contributed by atoms with Gasteiger partial charge in [0.1, 0.15) is 0 Å². The molecule has 2 saturated heterocycles. The molecule has 0 aromatic heterocycles. The number of amides is 2. The molecule has 2 aromatic rings. The Morgan fingerprint density at radius 2 is 1.89 bits per heavy atom. The number of carbonyl (C=O) groups excluding carboxylic acids is 2. The van der Waals surface area contributed by atoms with Crippen molar-refractivity contribution in [3.63, 3.8) is 0 Å². The summed E-state index contributed by atoms with van der Waals surface area (Å²) in [5.74, 6) is -2.16. The van der Waals surface area contributed by atoms with Crippen LogP contribution < -0.4 is 0 Å². The first-order chi connectivity index (χ1) is 13.4. The Balaban J connectivity index is 1.56. The van der Waals surface area contributed by atoms with Crippen molar-refractivity contribution in [2.45, 2.75) is 18.8 Å². The summed E-state index contributed by atoms with van der Waals surface area (Å²) < 4.78 is 27.4. The van der Waals surface area contributed by atoms with Gasteiger partial charge in [0, 0.05) is 38.2 Å². The predicted molar refractivity (Wildman–Crippen MR) is 101 cm³/mol. The van der Waals surface area contributed by atoms with Gasteiger partial charge in [-0.1, -0.05) is 42.5 Å². The monoisotopic (exact) mass is 384 g/mol. The van der Waals surface area contributed by atoms with E-state index in [0.29, 0.717) is 26.1 Å². The molecule has 0 aliphatic carbocycles. The van der Waals surface area contributed by atoms with E-state index in [1.165, 1.54) is 12.1 Å². The summed E-state index contributed by atoms with van der Waals surface area (Å²) in [4.78, 5) is 29.1. The van der Waals surface area contributed by atoms with Gasteiger partial charge >= 0.3 is 0 Å². The van der Waals surface area contributed by atoms with Gasteiger partial charge in [-0.05, 0) is 18.1 Å². The standard InChI is InChI=1S/C22H22F2N2O2/c1-25-13-17(15-6-3-2-4-7-15)22(21(25)28)10-11-26(14-22)19(27)12-16-8-5-9-18(23)20(16)24/h2-9,17H,10-14H2,1H3. The number of likely N-dealkylation sites (N-methyl/N-ethyl adjacent to an activating group) is 1. The van der Waals surface area contributed by atoms with E-state index in [2.05, 4.69) is 0 Å². The molecule has 2 heterocycles. The fourth-order valence-electron chi connectivity index (χ4n) is 4.64. The Morgan fingerprint density at radius 1 is 1.14 bits per heavy atom. The van der Waals surface area contributed by atoms with Gasteiger partial charge in [-0.2, -0.15) is 0 Å². The number of hydrogen-bond acceptors (Lipinski definition) is 2. The van der Waals surface area contributed by atoms with Crippen molar-refractivity contribution in [1.82, 2.24) is 9.80 Å². The molecule has 146 valence electrons. The maximum atomic E-state index is 13.9. The van der Waals surface area contributed by atoms with E-state index >= 15 is 0 Å². The van der Waals surface area contributed by atoms with E-state index in [9.17, 15) is 18.4 Å². The third-order valence-electron chi connectivity index (χ3n) is 6.12. The van der Waals surface area contributed by atoms with Crippen molar-refractivity contribution in [3.05, 3.63) is 71.3 Å². The van der Waals surface area contributed by atoms with Crippen molar-refractivity contribution in [3.8, 4) is 0 Å². The fraction of sp³-hybridized carbons (Fsp3) is 0.364. The first-order valence-corrected chi connectivity index (χ1v) is 9.43. The third-order valence-corrected chi connectivity index (χ3v) is 6.12. The SMILES string of the molecule is CN1CC(c2ccccc2)C2(CCN(C(=O)Cc3cccc(F)c3F)C2)C1=O. The first-order valence-electron chi connectivity index (χ1n) is 9.43. The highest BCUT2D eigenvalue weighted by molar-refractivity contribution is 5.89. The minimum Gasteiger partial charge on any atom is -0.345 e. The van der Waals surface area contributed by atoms with E-state index in [1.807, 2.05) is 30.3 Å². The fourth-order valence-corrected chi connectivity index (χ4v) is 4.64. The second kappa shape index (κ2) is 7.00. The van der Waals surface area contributed by atoms with Crippen LogP contribution in [-0.4, -0.2) is 48.3 Å². The molecule has 1 spiro atoms. The average molecular weight is 384 g/mol. The van der Waals surface area contributed by atoms with Gasteiger partial charge in [0.2, 0.25) is 11.8 Å². The van der Waals surface area contributed by atoms with Gasteiger partial charge in [-0.15, -0.1) is 0 Å². The topological polar surface area (TPSA) is 40.6 Å². The molecular weight excluding hydrogens is 362 g/mol. The van der Waals surface area contributed by atoms with Crippen molar-refractivity contribution in [1.29, 1.82) is 0 Å². The molecular formula is C22H22F2N2O2. The van der Waals surface area contributed by atoms with Gasteiger partial charge in [0.15, 0.2) is 11.6 Å². The van der Waals surface area contributed by atoms with E-state index in [-0.39, 0.29) is 29.7 Å². The lowest BCUT2D eigenvalue weighted by atomic mass is 9.73. The van der Waals surface area contributed by atoms with Crippen molar-refractivity contribution in [2.24, 2.45) is 5.41 Å². The van der Waals surface area contributed by atoms with E-state index in [0.717, 1.165) is 11.6 Å². The molecule has 4 nitrogen and oxygen atoms in total. The minimum atomic E-state index is -0.983. The van der Waals surface area contributed by atoms with Gasteiger partial charge in [0.05, 0.1) is 11.8 Å². The maximum Gasteiger partial charge on any atom is 0.231 e. The van der Waals surface area contributed by atoms with Crippen LogP contribution in [0.2, 0.25) is 0 Å². The van der Waals surface area contributed by atoms with Crippen LogP contribution in [0, 0.1) is 17.0 Å². The van der Waals surface area contributed by atoms with Gasteiger partial charge in [-0.3, -0.25) is 9.59 Å². The summed E-state index contributed by atoms with van der Waals surface area (Å²) in [5.41, 5.74) is 0.484. The molecule has 2 unspecified atom stereocenters. The summed E-state index contributed by atoms with van der Waals surface area (Å²) in [5, 5.41) is 0. The van der Waals surface area contributed by atoms with Gasteiger partial charge < -0.3 is 9.80 Å². The molecule has 2 aromatic carbocycles. The summed E-state index contributed by atoms with van der Waals surface area (Å²) in [7, 11) is 1.79. The molecule has 2 fully saturated rings. The van der Waals surface area contributed by atoms with E-state index < -0.39 is 17.0 Å². The molecule has 2 aliphatic heterocycles. The lowest BCUT2D eigenvalue weighted by Crippen LogP contribution is -2.39. The van der Waals surface area contributed by atoms with Crippen LogP contribution in [-0.2, 0) is 16.0 Å². The molecule has 4 rings (SSSR count). The van der Waals surface area contributed by atoms with Crippen LogP contribution in [0.3, 0.4) is 0 Å². The molecule has 2 amide bonds. The largest absolute Gasteiger partial charge is 0.345 e. The number of nitrogens with zero attached hydrogens (tertiary/aromatic N) is 2. The highest BCUT2D eigenvalue weighted by Crippen LogP contribution is 2.49. The lowest BCUT2D eigenvalue weighted by Gasteiger charge is -2.28. The Bertz CT molecular complexity index is 918. The van der Waals surface area contributed by atoms with Crippen LogP contribution in [0.15, 0.2) is 48.5 Å². The van der Waals surface area contributed by atoms with Crippen LogP contribution in [0.5, 0.6) is 0 Å². The summed E-state index contributed by atoms with van der Waals surface area (Å²) in [6.45, 7) is 1.37. The van der Waals surface area contributed by atoms with Crippen molar-refractivity contribution < 1.29 is 18.4 Å². The Morgan fingerprint density at radius 3 is 2.64 bits per heavy atom. The molecule has 6 heteroatoms. The third kappa shape index (κ3) is 2.97. The Kier molecular flexibility index (Phi) is 4.65. The molecule has 0 radical (unpaired) electrons. The summed E-state index contributed by atoms with van der Waals surface area (Å²) in [6, 6.07) is 13.7. The average Bonchev–Trinajstić information content (AvgIpc) is 3.25. The highest BCUT2D eigenvalue weighted by atomic mass is 19.2. The molecule has 0 saturated carbocycles. The first kappa shape index (κ1) is 18.6. The normalized spacial score (nSPS) is 24.4. The van der Waals surface area contributed by atoms with E-state index in [1.54, 1.807) is 16.8 Å².